The van der Waals surface area contributed by atoms with Gasteiger partial charge in [-0.3, -0.25) is 24.2 Å². The zero-order chi connectivity index (χ0) is 28.0. The smallest absolute Gasteiger partial charge is 0.326 e. The van der Waals surface area contributed by atoms with E-state index in [-0.39, 0.29) is 30.6 Å². The van der Waals surface area contributed by atoms with E-state index < -0.39 is 60.2 Å². The highest BCUT2D eigenvalue weighted by molar-refractivity contribution is 5.94. The molecule has 0 saturated carbocycles. The van der Waals surface area contributed by atoms with Crippen LogP contribution in [-0.4, -0.2) is 76.5 Å². The van der Waals surface area contributed by atoms with Crippen LogP contribution in [0.4, 0.5) is 0 Å². The molecule has 14 nitrogen and oxygen atoms in total. The van der Waals surface area contributed by atoms with Crippen molar-refractivity contribution in [2.45, 2.75) is 84.0 Å². The summed E-state index contributed by atoms with van der Waals surface area (Å²) < 4.78 is 0. The Morgan fingerprint density at radius 2 is 1.42 bits per heavy atom. The number of aliphatic carboxylic acids is 2. The predicted molar refractivity (Wildman–Crippen MR) is 132 cm³/mol. The van der Waals surface area contributed by atoms with Crippen LogP contribution >= 0.6 is 0 Å². The van der Waals surface area contributed by atoms with Crippen molar-refractivity contribution >= 4 is 35.6 Å². The van der Waals surface area contributed by atoms with E-state index in [9.17, 15) is 29.1 Å². The van der Waals surface area contributed by atoms with Crippen LogP contribution in [0.25, 0.3) is 0 Å². The largest absolute Gasteiger partial charge is 0.481 e. The van der Waals surface area contributed by atoms with E-state index in [1.807, 2.05) is 0 Å². The summed E-state index contributed by atoms with van der Waals surface area (Å²) in [4.78, 5) is 64.6. The van der Waals surface area contributed by atoms with Gasteiger partial charge in [-0.1, -0.05) is 34.1 Å². The van der Waals surface area contributed by atoms with Crippen LogP contribution in [0.3, 0.4) is 0 Å². The summed E-state index contributed by atoms with van der Waals surface area (Å²) in [5.41, 5.74) is 16.4. The van der Waals surface area contributed by atoms with Crippen LogP contribution in [0.2, 0.25) is 0 Å². The van der Waals surface area contributed by atoms with Gasteiger partial charge in [0.15, 0.2) is 5.96 Å². The van der Waals surface area contributed by atoms with Gasteiger partial charge in [0.05, 0.1) is 6.04 Å². The molecule has 0 spiro atoms. The van der Waals surface area contributed by atoms with Gasteiger partial charge in [0.2, 0.25) is 17.7 Å². The third kappa shape index (κ3) is 12.3. The summed E-state index contributed by atoms with van der Waals surface area (Å²) >= 11 is 0. The lowest BCUT2D eigenvalue weighted by Gasteiger charge is -2.29. The summed E-state index contributed by atoms with van der Waals surface area (Å²) in [6.45, 7) is 7.21. The third-order valence-electron chi connectivity index (χ3n) is 5.61. The van der Waals surface area contributed by atoms with Gasteiger partial charge in [-0.25, -0.2) is 4.79 Å². The van der Waals surface area contributed by atoms with E-state index >= 15 is 0 Å². The number of guanidine groups is 1. The minimum Gasteiger partial charge on any atom is -0.481 e. The number of hydrogen-bond acceptors (Lipinski definition) is 7. The minimum atomic E-state index is -1.44. The standard InChI is InChI=1S/C22H41N7O7/c1-5-12(4)17(20(34)27-14(21(35)36)8-9-15(30)31)29-19(33)16(11(2)3)28-18(32)13(23)7-6-10-26-22(24)25/h11-14,16-17H,5-10,23H2,1-4H3,(H,27,34)(H,28,32)(H,29,33)(H,30,31)(H,35,36)(H4,24,25,26). The zero-order valence-electron chi connectivity index (χ0n) is 21.3. The van der Waals surface area contributed by atoms with E-state index in [2.05, 4.69) is 20.9 Å². The molecule has 0 fully saturated rings. The molecule has 0 radical (unpaired) electrons. The van der Waals surface area contributed by atoms with Crippen LogP contribution in [-0.2, 0) is 24.0 Å². The Labute approximate surface area is 210 Å². The molecule has 5 unspecified atom stereocenters. The Hall–Kier alpha value is -3.42. The molecule has 0 aliphatic rings. The van der Waals surface area contributed by atoms with Crippen molar-refractivity contribution < 1.29 is 34.2 Å². The third-order valence-corrected chi connectivity index (χ3v) is 5.61. The molecule has 0 aliphatic carbocycles. The van der Waals surface area contributed by atoms with Crippen molar-refractivity contribution in [1.29, 1.82) is 0 Å². The molecule has 0 aromatic rings. The fourth-order valence-electron chi connectivity index (χ4n) is 3.18. The number of nitrogens with two attached hydrogens (primary N) is 3. The zero-order valence-corrected chi connectivity index (χ0v) is 21.3. The Morgan fingerprint density at radius 3 is 1.89 bits per heavy atom. The van der Waals surface area contributed by atoms with Gasteiger partial charge in [-0.05, 0) is 31.1 Å². The minimum absolute atomic E-state index is 0.0685. The molecule has 0 aromatic heterocycles. The van der Waals surface area contributed by atoms with Crippen molar-refractivity contribution in [1.82, 2.24) is 16.0 Å². The first-order valence-corrected chi connectivity index (χ1v) is 11.9. The highest BCUT2D eigenvalue weighted by atomic mass is 16.4. The second-order valence-corrected chi connectivity index (χ2v) is 8.99. The number of carboxylic acids is 2. The quantitative estimate of drug-likeness (QED) is 0.0630. The van der Waals surface area contributed by atoms with Crippen molar-refractivity contribution in [2.75, 3.05) is 6.54 Å². The van der Waals surface area contributed by atoms with Crippen molar-refractivity contribution in [3.05, 3.63) is 0 Å². The lowest BCUT2D eigenvalue weighted by molar-refractivity contribution is -0.143. The van der Waals surface area contributed by atoms with Gasteiger partial charge in [-0.15, -0.1) is 0 Å². The number of carboxylic acid groups (broad SMARTS) is 2. The lowest BCUT2D eigenvalue weighted by atomic mass is 9.95. The van der Waals surface area contributed by atoms with Crippen LogP contribution in [0.15, 0.2) is 4.99 Å². The maximum atomic E-state index is 13.1. The number of nitrogens with zero attached hydrogens (tertiary/aromatic N) is 1. The van der Waals surface area contributed by atoms with Gasteiger partial charge in [0.1, 0.15) is 18.1 Å². The summed E-state index contributed by atoms with van der Waals surface area (Å²) in [5, 5.41) is 25.7. The Bertz CT molecular complexity index is 800. The van der Waals surface area contributed by atoms with Crippen molar-refractivity contribution in [3.63, 3.8) is 0 Å². The molecule has 0 aliphatic heterocycles. The summed E-state index contributed by atoms with van der Waals surface area (Å²) in [5.74, 6) is -5.36. The monoisotopic (exact) mass is 515 g/mol. The molecule has 36 heavy (non-hydrogen) atoms. The molecule has 0 heterocycles. The van der Waals surface area contributed by atoms with E-state index in [1.165, 1.54) is 0 Å². The first-order valence-electron chi connectivity index (χ1n) is 11.9. The molecule has 0 bridgehead atoms. The SMILES string of the molecule is CCC(C)C(NC(=O)C(NC(=O)C(N)CCCN=C(N)N)C(C)C)C(=O)NC(CCC(=O)O)C(=O)O. The average molecular weight is 516 g/mol. The summed E-state index contributed by atoms with van der Waals surface area (Å²) in [6, 6.07) is -4.47. The first-order chi connectivity index (χ1) is 16.7. The molecule has 3 amide bonds. The van der Waals surface area contributed by atoms with Gasteiger partial charge >= 0.3 is 11.9 Å². The molecule has 0 saturated heterocycles. The van der Waals surface area contributed by atoms with Gasteiger partial charge in [0, 0.05) is 13.0 Å². The molecule has 14 heteroatoms. The number of nitrogens with one attached hydrogen (secondary N) is 3. The molecule has 11 N–H and O–H groups in total. The predicted octanol–water partition coefficient (Wildman–Crippen LogP) is -1.53. The lowest BCUT2D eigenvalue weighted by Crippen LogP contribution is -2.59. The number of hydrogen-bond donors (Lipinski definition) is 8. The fourth-order valence-corrected chi connectivity index (χ4v) is 3.18. The number of carbonyl (C=O) groups is 5. The number of rotatable bonds is 17. The Kier molecular flexibility index (Phi) is 14.7. The second kappa shape index (κ2) is 16.3. The number of amides is 3. The molecule has 206 valence electrons. The molecular weight excluding hydrogens is 474 g/mol. The molecule has 5 atom stereocenters. The van der Waals surface area contributed by atoms with Crippen molar-refractivity contribution in [3.8, 4) is 0 Å². The van der Waals surface area contributed by atoms with E-state index in [1.54, 1.807) is 27.7 Å². The van der Waals surface area contributed by atoms with Crippen LogP contribution in [0.1, 0.15) is 59.8 Å². The van der Waals surface area contributed by atoms with E-state index in [0.29, 0.717) is 19.4 Å². The number of carbonyl (C=O) groups excluding carboxylic acids is 3. The van der Waals surface area contributed by atoms with Crippen LogP contribution in [0, 0.1) is 11.8 Å². The highest BCUT2D eigenvalue weighted by Gasteiger charge is 2.33. The maximum absolute atomic E-state index is 13.1. The van der Waals surface area contributed by atoms with Crippen molar-refractivity contribution in [2.24, 2.45) is 34.0 Å². The summed E-state index contributed by atoms with van der Waals surface area (Å²) in [7, 11) is 0. The normalized spacial score (nSPS) is 15.1. The second-order valence-electron chi connectivity index (χ2n) is 8.99. The van der Waals surface area contributed by atoms with Gasteiger partial charge in [-0.2, -0.15) is 0 Å². The fraction of sp³-hybridized carbons (Fsp3) is 0.727. The highest BCUT2D eigenvalue weighted by Crippen LogP contribution is 2.12. The summed E-state index contributed by atoms with van der Waals surface area (Å²) in [6.07, 6.45) is 0.437. The first kappa shape index (κ1) is 32.6. The van der Waals surface area contributed by atoms with Crippen LogP contribution in [0.5, 0.6) is 0 Å². The van der Waals surface area contributed by atoms with E-state index in [4.69, 9.17) is 22.3 Å². The topological polar surface area (TPSA) is 252 Å². The Morgan fingerprint density at radius 1 is 0.861 bits per heavy atom. The molecular formula is C22H41N7O7. The van der Waals surface area contributed by atoms with Crippen LogP contribution < -0.4 is 33.2 Å². The van der Waals surface area contributed by atoms with Gasteiger partial charge < -0.3 is 43.4 Å². The number of aliphatic imine (C=N–C) groups is 1. The average Bonchev–Trinajstić information content (AvgIpc) is 2.79. The Balaban J connectivity index is 5.38. The molecule has 0 rings (SSSR count). The molecule has 0 aromatic carbocycles. The maximum Gasteiger partial charge on any atom is 0.326 e. The van der Waals surface area contributed by atoms with E-state index in [0.717, 1.165) is 0 Å². The van der Waals surface area contributed by atoms with Gasteiger partial charge in [0.25, 0.3) is 0 Å².